The van der Waals surface area contributed by atoms with Gasteiger partial charge in [0.05, 0.1) is 0 Å². The summed E-state index contributed by atoms with van der Waals surface area (Å²) in [5.74, 6) is 0.310. The van der Waals surface area contributed by atoms with Crippen molar-refractivity contribution in [2.24, 2.45) is 0 Å². The van der Waals surface area contributed by atoms with Gasteiger partial charge in [0.15, 0.2) is 0 Å². The summed E-state index contributed by atoms with van der Waals surface area (Å²) in [5, 5.41) is 37.7. The number of hydrogen-bond donors (Lipinski definition) is 3. The number of phenols is 1. The fraction of sp³-hybridized carbons (Fsp3) is 0.362. The molecule has 5 heteroatoms. The number of aryl methyl sites for hydroxylation is 5. The molecule has 2 heterocycles. The summed E-state index contributed by atoms with van der Waals surface area (Å²) in [5.41, 5.74) is 8.63. The molecule has 0 aliphatic carbocycles. The zero-order chi connectivity index (χ0) is 36.6. The second-order valence-electron chi connectivity index (χ2n) is 15.7. The van der Waals surface area contributed by atoms with E-state index in [0.29, 0.717) is 18.8 Å². The minimum Gasteiger partial charge on any atom is -0.507 e. The van der Waals surface area contributed by atoms with E-state index in [2.05, 4.69) is 154 Å². The molecule has 0 amide bonds. The van der Waals surface area contributed by atoms with Crippen LogP contribution in [0.5, 0.6) is 5.75 Å². The first-order valence-corrected chi connectivity index (χ1v) is 19.0. The standard InChI is InChI=1S/C47H54N2O3/c1-32-10-18-39(19-11-32)46(51,40-20-12-33(2)13-21-40)43-8-6-26-48(43)30-37-28-36(5)29-38(45(37)50)31-49-27-7-9-44(49)47(52,41-22-14-34(3)15-23-41)42-24-16-35(4)17-25-42/h10-25,28-29,43-44,50-52H,6-9,26-27,30-31H2,1-5H3/t43-,44-/m0/s1. The smallest absolute Gasteiger partial charge is 0.130 e. The Morgan fingerprint density at radius 3 is 1.06 bits per heavy atom. The van der Waals surface area contributed by atoms with E-state index in [4.69, 9.17) is 0 Å². The van der Waals surface area contributed by atoms with Crippen LogP contribution in [0.15, 0.2) is 109 Å². The van der Waals surface area contributed by atoms with Crippen LogP contribution >= 0.6 is 0 Å². The van der Waals surface area contributed by atoms with Gasteiger partial charge in [0, 0.05) is 36.3 Å². The van der Waals surface area contributed by atoms with Gasteiger partial charge in [0.1, 0.15) is 17.0 Å². The summed E-state index contributed by atoms with van der Waals surface area (Å²) in [6, 6.07) is 37.0. The van der Waals surface area contributed by atoms with Gasteiger partial charge in [-0.15, -0.1) is 0 Å². The van der Waals surface area contributed by atoms with E-state index < -0.39 is 11.2 Å². The first-order valence-electron chi connectivity index (χ1n) is 19.0. The molecular formula is C47H54N2O3. The molecule has 0 bridgehead atoms. The lowest BCUT2D eigenvalue weighted by atomic mass is 9.78. The second kappa shape index (κ2) is 14.6. The summed E-state index contributed by atoms with van der Waals surface area (Å²) >= 11 is 0. The highest BCUT2D eigenvalue weighted by Gasteiger charge is 2.47. The molecule has 0 aromatic heterocycles. The maximum absolute atomic E-state index is 12.8. The molecule has 5 aromatic carbocycles. The molecule has 270 valence electrons. The van der Waals surface area contributed by atoms with Gasteiger partial charge in [-0.2, -0.15) is 0 Å². The maximum Gasteiger partial charge on any atom is 0.130 e. The van der Waals surface area contributed by atoms with Crippen molar-refractivity contribution in [2.45, 2.75) is 96.7 Å². The van der Waals surface area contributed by atoms with Crippen LogP contribution in [0.4, 0.5) is 0 Å². The number of rotatable bonds is 10. The molecule has 5 aromatic rings. The van der Waals surface area contributed by atoms with Crippen LogP contribution in [0.25, 0.3) is 0 Å². The molecule has 2 aliphatic heterocycles. The predicted octanol–water partition coefficient (Wildman–Crippen LogP) is 8.74. The third-order valence-corrected chi connectivity index (χ3v) is 11.8. The van der Waals surface area contributed by atoms with Crippen LogP contribution < -0.4 is 0 Å². The Hall–Kier alpha value is -4.26. The number of likely N-dealkylation sites (tertiary alicyclic amines) is 2. The van der Waals surface area contributed by atoms with Gasteiger partial charge < -0.3 is 15.3 Å². The van der Waals surface area contributed by atoms with Crippen LogP contribution in [0, 0.1) is 34.6 Å². The molecule has 5 nitrogen and oxygen atoms in total. The first-order chi connectivity index (χ1) is 25.0. The van der Waals surface area contributed by atoms with E-state index >= 15 is 0 Å². The van der Waals surface area contributed by atoms with Crippen molar-refractivity contribution >= 4 is 0 Å². The van der Waals surface area contributed by atoms with Gasteiger partial charge in [0.2, 0.25) is 0 Å². The van der Waals surface area contributed by atoms with Crippen molar-refractivity contribution in [2.75, 3.05) is 13.1 Å². The van der Waals surface area contributed by atoms with E-state index in [9.17, 15) is 15.3 Å². The van der Waals surface area contributed by atoms with Gasteiger partial charge in [-0.25, -0.2) is 0 Å². The lowest BCUT2D eigenvalue weighted by Gasteiger charge is -2.41. The highest BCUT2D eigenvalue weighted by Crippen LogP contribution is 2.44. The van der Waals surface area contributed by atoms with Crippen molar-refractivity contribution in [1.82, 2.24) is 9.80 Å². The van der Waals surface area contributed by atoms with E-state index in [0.717, 1.165) is 100.0 Å². The molecule has 0 unspecified atom stereocenters. The fourth-order valence-corrected chi connectivity index (χ4v) is 8.92. The third kappa shape index (κ3) is 6.83. The Balaban J connectivity index is 1.20. The summed E-state index contributed by atoms with van der Waals surface area (Å²) in [6.45, 7) is 13.1. The SMILES string of the molecule is Cc1ccc(C(O)(c2ccc(C)cc2)[C@@H]2CCCN2Cc2cc(C)cc(CN3CCC[C@H]3C(O)(c3ccc(C)cc3)c3ccc(C)cc3)c2O)cc1. The van der Waals surface area contributed by atoms with Gasteiger partial charge in [-0.05, 0) is 95.6 Å². The first kappa shape index (κ1) is 36.1. The molecule has 2 saturated heterocycles. The van der Waals surface area contributed by atoms with Gasteiger partial charge in [-0.1, -0.05) is 137 Å². The zero-order valence-electron chi connectivity index (χ0n) is 31.4. The minimum atomic E-state index is -1.21. The number of nitrogens with zero attached hydrogens (tertiary/aromatic N) is 2. The van der Waals surface area contributed by atoms with E-state index in [1.807, 2.05) is 0 Å². The number of benzene rings is 5. The Morgan fingerprint density at radius 2 is 0.769 bits per heavy atom. The van der Waals surface area contributed by atoms with Crippen molar-refractivity contribution < 1.29 is 15.3 Å². The normalized spacial score (nSPS) is 18.7. The van der Waals surface area contributed by atoms with Crippen LogP contribution in [0.3, 0.4) is 0 Å². The lowest BCUT2D eigenvalue weighted by Crippen LogP contribution is -2.48. The number of aliphatic hydroxyl groups is 2. The highest BCUT2D eigenvalue weighted by atomic mass is 16.3. The van der Waals surface area contributed by atoms with Crippen molar-refractivity contribution in [1.29, 1.82) is 0 Å². The average molecular weight is 695 g/mol. The van der Waals surface area contributed by atoms with Crippen LogP contribution in [0.1, 0.15) is 86.9 Å². The molecule has 2 fully saturated rings. The van der Waals surface area contributed by atoms with Gasteiger partial charge in [-0.3, -0.25) is 9.80 Å². The van der Waals surface area contributed by atoms with Crippen LogP contribution in [0.2, 0.25) is 0 Å². The summed E-state index contributed by atoms with van der Waals surface area (Å²) in [7, 11) is 0. The second-order valence-corrected chi connectivity index (χ2v) is 15.7. The van der Waals surface area contributed by atoms with Crippen molar-refractivity contribution in [3.05, 3.63) is 170 Å². The summed E-state index contributed by atoms with van der Waals surface area (Å²) in [6.07, 6.45) is 3.64. The van der Waals surface area contributed by atoms with E-state index in [1.54, 1.807) is 0 Å². The van der Waals surface area contributed by atoms with Crippen molar-refractivity contribution in [3.8, 4) is 5.75 Å². The predicted molar refractivity (Wildman–Crippen MR) is 210 cm³/mol. The number of hydrogen-bond acceptors (Lipinski definition) is 5. The van der Waals surface area contributed by atoms with Gasteiger partial charge >= 0.3 is 0 Å². The summed E-state index contributed by atoms with van der Waals surface area (Å²) in [4.78, 5) is 4.73. The molecule has 7 rings (SSSR count). The number of phenolic OH excluding ortho intramolecular Hbond substituents is 1. The average Bonchev–Trinajstić information content (AvgIpc) is 3.81. The summed E-state index contributed by atoms with van der Waals surface area (Å²) < 4.78 is 0. The Kier molecular flexibility index (Phi) is 10.2. The molecule has 2 atom stereocenters. The monoisotopic (exact) mass is 694 g/mol. The van der Waals surface area contributed by atoms with E-state index in [1.165, 1.54) is 0 Å². The molecule has 0 spiro atoms. The molecule has 0 saturated carbocycles. The topological polar surface area (TPSA) is 67.2 Å². The molecule has 0 radical (unpaired) electrons. The van der Waals surface area contributed by atoms with Crippen molar-refractivity contribution in [3.63, 3.8) is 0 Å². The largest absolute Gasteiger partial charge is 0.507 e. The van der Waals surface area contributed by atoms with E-state index in [-0.39, 0.29) is 12.1 Å². The molecule has 2 aliphatic rings. The highest BCUT2D eigenvalue weighted by molar-refractivity contribution is 5.46. The van der Waals surface area contributed by atoms with Crippen LogP contribution in [-0.4, -0.2) is 50.3 Å². The quantitative estimate of drug-likeness (QED) is 0.137. The lowest BCUT2D eigenvalue weighted by molar-refractivity contribution is -0.00735. The third-order valence-electron chi connectivity index (χ3n) is 11.8. The maximum atomic E-state index is 12.8. The fourth-order valence-electron chi connectivity index (χ4n) is 8.92. The molecule has 52 heavy (non-hydrogen) atoms. The van der Waals surface area contributed by atoms with Crippen LogP contribution in [-0.2, 0) is 24.3 Å². The Bertz CT molecular complexity index is 1750. The van der Waals surface area contributed by atoms with Gasteiger partial charge in [0.25, 0.3) is 0 Å². The molecular weight excluding hydrogens is 641 g/mol. The Labute approximate surface area is 310 Å². The molecule has 3 N–H and O–H groups in total. The minimum absolute atomic E-state index is 0.164. The Morgan fingerprint density at radius 1 is 0.481 bits per heavy atom. The number of aromatic hydroxyl groups is 1. The zero-order valence-corrected chi connectivity index (χ0v) is 31.4.